The lowest BCUT2D eigenvalue weighted by Crippen LogP contribution is -2.38. The van der Waals surface area contributed by atoms with Gasteiger partial charge in [-0.15, -0.1) is 0 Å². The molecule has 0 aromatic rings. The van der Waals surface area contributed by atoms with Crippen LogP contribution in [-0.4, -0.2) is 57.4 Å². The van der Waals surface area contributed by atoms with E-state index in [4.69, 9.17) is 10.5 Å². The quantitative estimate of drug-likeness (QED) is 0.578. The highest BCUT2D eigenvalue weighted by Crippen LogP contribution is 1.90. The molecule has 0 aliphatic rings. The van der Waals surface area contributed by atoms with Gasteiger partial charge in [0.1, 0.15) is 0 Å². The molecule has 0 spiro atoms. The van der Waals surface area contributed by atoms with Crippen LogP contribution in [0, 0.1) is 0 Å². The van der Waals surface area contributed by atoms with Crippen molar-refractivity contribution in [3.05, 3.63) is 0 Å². The minimum Gasteiger partial charge on any atom is -0.376 e. The number of likely N-dealkylation sites (N-methyl/N-ethyl adjacent to an activating group) is 1. The molecule has 14 heavy (non-hydrogen) atoms. The van der Waals surface area contributed by atoms with Crippen LogP contribution >= 0.6 is 0 Å². The summed E-state index contributed by atoms with van der Waals surface area (Å²) in [4.78, 5) is 2.11. The summed E-state index contributed by atoms with van der Waals surface area (Å²) in [5.41, 5.74) is 5.49. The third-order valence-electron chi connectivity index (χ3n) is 2.05. The highest BCUT2D eigenvalue weighted by atomic mass is 16.5. The van der Waals surface area contributed by atoms with Crippen molar-refractivity contribution in [2.45, 2.75) is 26.0 Å². The standard InChI is InChI=1S/C10H25N3O/c1-9(7-11)12-8-10(2)14-6-5-13(3)4/h9-10,12H,5-8,11H2,1-4H3. The first-order valence-electron chi connectivity index (χ1n) is 5.26. The maximum atomic E-state index is 5.60. The van der Waals surface area contributed by atoms with Gasteiger partial charge in [0.05, 0.1) is 12.7 Å². The maximum Gasteiger partial charge on any atom is 0.0672 e. The molecule has 0 aliphatic heterocycles. The van der Waals surface area contributed by atoms with E-state index in [-0.39, 0.29) is 6.10 Å². The summed E-state index contributed by atoms with van der Waals surface area (Å²) in [6.45, 7) is 7.44. The van der Waals surface area contributed by atoms with Crippen LogP contribution in [0.4, 0.5) is 0 Å². The van der Waals surface area contributed by atoms with E-state index < -0.39 is 0 Å². The molecule has 0 heterocycles. The summed E-state index contributed by atoms with van der Waals surface area (Å²) in [6.07, 6.45) is 0.254. The number of nitrogens with two attached hydrogens (primary N) is 1. The molecule has 0 aromatic heterocycles. The van der Waals surface area contributed by atoms with Crippen molar-refractivity contribution >= 4 is 0 Å². The van der Waals surface area contributed by atoms with E-state index in [0.29, 0.717) is 12.6 Å². The molecule has 4 heteroatoms. The Hall–Kier alpha value is -0.160. The summed E-state index contributed by atoms with van der Waals surface area (Å²) >= 11 is 0. The fourth-order valence-corrected chi connectivity index (χ4v) is 0.946. The molecular weight excluding hydrogens is 178 g/mol. The van der Waals surface area contributed by atoms with Gasteiger partial charge in [-0.05, 0) is 27.9 Å². The lowest BCUT2D eigenvalue weighted by molar-refractivity contribution is 0.0548. The maximum absolute atomic E-state index is 5.60. The summed E-state index contributed by atoms with van der Waals surface area (Å²) in [5, 5.41) is 3.31. The van der Waals surface area contributed by atoms with Gasteiger partial charge in [0, 0.05) is 25.7 Å². The van der Waals surface area contributed by atoms with E-state index >= 15 is 0 Å². The van der Waals surface area contributed by atoms with Crippen LogP contribution in [0.15, 0.2) is 0 Å². The Morgan fingerprint density at radius 1 is 1.36 bits per heavy atom. The van der Waals surface area contributed by atoms with Crippen molar-refractivity contribution in [2.24, 2.45) is 5.73 Å². The number of hydrogen-bond donors (Lipinski definition) is 2. The molecule has 0 radical (unpaired) electrons. The Labute approximate surface area is 87.8 Å². The second-order valence-electron chi connectivity index (χ2n) is 4.03. The number of ether oxygens (including phenoxy) is 1. The van der Waals surface area contributed by atoms with Gasteiger partial charge in [-0.2, -0.15) is 0 Å². The molecule has 4 nitrogen and oxygen atoms in total. The van der Waals surface area contributed by atoms with E-state index in [1.54, 1.807) is 0 Å². The summed E-state index contributed by atoms with van der Waals surface area (Å²) in [7, 11) is 4.09. The van der Waals surface area contributed by atoms with Crippen LogP contribution in [0.2, 0.25) is 0 Å². The Bertz CT molecular complexity index is 131. The molecule has 86 valence electrons. The SMILES string of the molecule is CC(CN)NCC(C)OCCN(C)C. The average Bonchev–Trinajstić information content (AvgIpc) is 2.13. The van der Waals surface area contributed by atoms with Gasteiger partial charge in [0.25, 0.3) is 0 Å². The minimum absolute atomic E-state index is 0.254. The highest BCUT2D eigenvalue weighted by Gasteiger charge is 2.04. The Morgan fingerprint density at radius 2 is 2.00 bits per heavy atom. The topological polar surface area (TPSA) is 50.5 Å². The summed E-state index contributed by atoms with van der Waals surface area (Å²) in [5.74, 6) is 0. The smallest absolute Gasteiger partial charge is 0.0672 e. The van der Waals surface area contributed by atoms with Gasteiger partial charge in [-0.25, -0.2) is 0 Å². The van der Waals surface area contributed by atoms with Gasteiger partial charge in [0.15, 0.2) is 0 Å². The molecule has 0 rings (SSSR count). The zero-order chi connectivity index (χ0) is 11.0. The van der Waals surface area contributed by atoms with Gasteiger partial charge >= 0.3 is 0 Å². The molecule has 2 atom stereocenters. The molecule has 0 aromatic carbocycles. The van der Waals surface area contributed by atoms with E-state index in [2.05, 4.69) is 24.1 Å². The van der Waals surface area contributed by atoms with Crippen molar-refractivity contribution in [1.82, 2.24) is 10.2 Å². The predicted molar refractivity (Wildman–Crippen MR) is 60.5 cm³/mol. The van der Waals surface area contributed by atoms with Crippen LogP contribution in [-0.2, 0) is 4.74 Å². The van der Waals surface area contributed by atoms with E-state index in [1.807, 2.05) is 14.1 Å². The van der Waals surface area contributed by atoms with Crippen molar-refractivity contribution in [3.63, 3.8) is 0 Å². The Kier molecular flexibility index (Phi) is 8.08. The zero-order valence-electron chi connectivity index (χ0n) is 9.92. The largest absolute Gasteiger partial charge is 0.376 e. The van der Waals surface area contributed by atoms with Gasteiger partial charge < -0.3 is 20.7 Å². The third kappa shape index (κ3) is 8.44. The molecule has 0 fully saturated rings. The van der Waals surface area contributed by atoms with E-state index in [1.165, 1.54) is 0 Å². The summed E-state index contributed by atoms with van der Waals surface area (Å²) in [6, 6.07) is 0.370. The van der Waals surface area contributed by atoms with Gasteiger partial charge in [-0.3, -0.25) is 0 Å². The Morgan fingerprint density at radius 3 is 2.50 bits per heavy atom. The molecule has 0 bridgehead atoms. The number of hydrogen-bond acceptors (Lipinski definition) is 4. The molecular formula is C10H25N3O. The van der Waals surface area contributed by atoms with Gasteiger partial charge in [-0.1, -0.05) is 0 Å². The molecule has 0 saturated carbocycles. The second-order valence-corrected chi connectivity index (χ2v) is 4.03. The Balaban J connectivity index is 3.32. The third-order valence-corrected chi connectivity index (χ3v) is 2.05. The van der Waals surface area contributed by atoms with Crippen molar-refractivity contribution in [2.75, 3.05) is 40.3 Å². The monoisotopic (exact) mass is 203 g/mol. The van der Waals surface area contributed by atoms with Crippen molar-refractivity contribution in [3.8, 4) is 0 Å². The normalized spacial score (nSPS) is 15.9. The number of nitrogens with zero attached hydrogens (tertiary/aromatic N) is 1. The number of nitrogens with one attached hydrogen (secondary N) is 1. The second kappa shape index (κ2) is 8.17. The predicted octanol–water partition coefficient (Wildman–Crippen LogP) is -0.110. The molecule has 0 amide bonds. The van der Waals surface area contributed by atoms with Crippen molar-refractivity contribution in [1.29, 1.82) is 0 Å². The molecule has 0 aliphatic carbocycles. The van der Waals surface area contributed by atoms with E-state index in [9.17, 15) is 0 Å². The first kappa shape index (κ1) is 13.8. The minimum atomic E-state index is 0.254. The fourth-order valence-electron chi connectivity index (χ4n) is 0.946. The average molecular weight is 203 g/mol. The van der Waals surface area contributed by atoms with Crippen LogP contribution in [0.5, 0.6) is 0 Å². The highest BCUT2D eigenvalue weighted by molar-refractivity contribution is 4.63. The van der Waals surface area contributed by atoms with Crippen LogP contribution in [0.1, 0.15) is 13.8 Å². The fraction of sp³-hybridized carbons (Fsp3) is 1.00. The van der Waals surface area contributed by atoms with Crippen molar-refractivity contribution < 1.29 is 4.74 Å². The first-order valence-corrected chi connectivity index (χ1v) is 5.26. The summed E-state index contributed by atoms with van der Waals surface area (Å²) < 4.78 is 5.60. The van der Waals surface area contributed by atoms with Gasteiger partial charge in [0.2, 0.25) is 0 Å². The van der Waals surface area contributed by atoms with E-state index in [0.717, 1.165) is 19.7 Å². The van der Waals surface area contributed by atoms with Crippen LogP contribution in [0.3, 0.4) is 0 Å². The molecule has 2 unspecified atom stereocenters. The van der Waals surface area contributed by atoms with Crippen LogP contribution in [0.25, 0.3) is 0 Å². The molecule has 3 N–H and O–H groups in total. The number of rotatable bonds is 8. The lowest BCUT2D eigenvalue weighted by atomic mass is 10.3. The lowest BCUT2D eigenvalue weighted by Gasteiger charge is -2.18. The zero-order valence-corrected chi connectivity index (χ0v) is 9.92. The first-order chi connectivity index (χ1) is 6.56. The molecule has 0 saturated heterocycles. The van der Waals surface area contributed by atoms with Crippen LogP contribution < -0.4 is 11.1 Å².